The lowest BCUT2D eigenvalue weighted by molar-refractivity contribution is 0.0698. The first-order chi connectivity index (χ1) is 11.3. The van der Waals surface area contributed by atoms with Gasteiger partial charge in [0.15, 0.2) is 5.96 Å². The molecule has 0 saturated heterocycles. The summed E-state index contributed by atoms with van der Waals surface area (Å²) < 4.78 is 15.4. The molecule has 0 spiro atoms. The lowest BCUT2D eigenvalue weighted by atomic mass is 10.1. The Morgan fingerprint density at radius 2 is 1.70 bits per heavy atom. The van der Waals surface area contributed by atoms with E-state index in [1.807, 2.05) is 0 Å². The number of nitrogens with zero attached hydrogens (tertiary/aromatic N) is 1. The largest absolute Gasteiger partial charge is 0.382 e. The highest BCUT2D eigenvalue weighted by Gasteiger charge is 1.99. The summed E-state index contributed by atoms with van der Waals surface area (Å²) in [5.41, 5.74) is 2.38. The predicted octanol–water partition coefficient (Wildman–Crippen LogP) is 1.55. The van der Waals surface area contributed by atoms with Crippen molar-refractivity contribution >= 4 is 5.96 Å². The van der Waals surface area contributed by atoms with Gasteiger partial charge in [0.2, 0.25) is 0 Å². The van der Waals surface area contributed by atoms with E-state index in [4.69, 9.17) is 14.2 Å². The smallest absolute Gasteiger partial charge is 0.191 e. The van der Waals surface area contributed by atoms with Gasteiger partial charge in [0.25, 0.3) is 0 Å². The van der Waals surface area contributed by atoms with Crippen molar-refractivity contribution in [2.75, 3.05) is 47.6 Å². The maximum Gasteiger partial charge on any atom is 0.191 e. The third-order valence-corrected chi connectivity index (χ3v) is 3.21. The monoisotopic (exact) mass is 323 g/mol. The van der Waals surface area contributed by atoms with E-state index >= 15 is 0 Å². The fourth-order valence-corrected chi connectivity index (χ4v) is 1.95. The van der Waals surface area contributed by atoms with Crippen LogP contribution >= 0.6 is 0 Å². The molecule has 130 valence electrons. The minimum atomic E-state index is 0.639. The summed E-state index contributed by atoms with van der Waals surface area (Å²) in [6.45, 7) is 4.19. The van der Waals surface area contributed by atoms with Gasteiger partial charge in [-0.05, 0) is 17.5 Å². The van der Waals surface area contributed by atoms with Crippen LogP contribution < -0.4 is 10.6 Å². The third kappa shape index (κ3) is 9.18. The van der Waals surface area contributed by atoms with E-state index in [1.165, 1.54) is 11.1 Å². The zero-order chi connectivity index (χ0) is 16.8. The average Bonchev–Trinajstić information content (AvgIpc) is 2.58. The van der Waals surface area contributed by atoms with Crippen LogP contribution in [0.2, 0.25) is 0 Å². The Balaban J connectivity index is 2.18. The van der Waals surface area contributed by atoms with Crippen molar-refractivity contribution in [1.82, 2.24) is 10.6 Å². The van der Waals surface area contributed by atoms with E-state index in [1.54, 1.807) is 21.3 Å². The lowest BCUT2D eigenvalue weighted by Gasteiger charge is -2.12. The van der Waals surface area contributed by atoms with E-state index in [0.29, 0.717) is 26.4 Å². The molecule has 1 aromatic rings. The second-order valence-corrected chi connectivity index (χ2v) is 5.06. The number of methoxy groups -OCH3 is 2. The highest BCUT2D eigenvalue weighted by molar-refractivity contribution is 5.79. The van der Waals surface area contributed by atoms with Gasteiger partial charge >= 0.3 is 0 Å². The van der Waals surface area contributed by atoms with E-state index in [0.717, 1.165) is 25.5 Å². The Kier molecular flexibility index (Phi) is 10.9. The zero-order valence-corrected chi connectivity index (χ0v) is 14.4. The van der Waals surface area contributed by atoms with Crippen LogP contribution in [0.4, 0.5) is 0 Å². The van der Waals surface area contributed by atoms with Gasteiger partial charge in [-0.25, -0.2) is 0 Å². The maximum atomic E-state index is 5.41. The fourth-order valence-electron chi connectivity index (χ4n) is 1.95. The Labute approximate surface area is 139 Å². The number of hydrogen-bond donors (Lipinski definition) is 2. The molecule has 6 nitrogen and oxygen atoms in total. The van der Waals surface area contributed by atoms with Crippen LogP contribution in [0.25, 0.3) is 0 Å². The Morgan fingerprint density at radius 1 is 0.957 bits per heavy atom. The molecule has 0 heterocycles. The van der Waals surface area contributed by atoms with Gasteiger partial charge in [-0.3, -0.25) is 4.99 Å². The molecular weight excluding hydrogens is 294 g/mol. The molecule has 0 aliphatic heterocycles. The number of benzene rings is 1. The standard InChI is InChI=1S/C17H29N3O3/c1-18-17(19-9-4-10-23-12-11-21-2)20-13-15-5-7-16(8-6-15)14-22-3/h5-8H,4,9-14H2,1-3H3,(H2,18,19,20). The Hall–Kier alpha value is -1.63. The molecule has 0 aliphatic rings. The average molecular weight is 323 g/mol. The van der Waals surface area contributed by atoms with Gasteiger partial charge in [-0.1, -0.05) is 24.3 Å². The van der Waals surface area contributed by atoms with Crippen LogP contribution in [0.1, 0.15) is 17.5 Å². The van der Waals surface area contributed by atoms with Gasteiger partial charge in [0.05, 0.1) is 19.8 Å². The topological polar surface area (TPSA) is 64.1 Å². The van der Waals surface area contributed by atoms with E-state index in [-0.39, 0.29) is 0 Å². The van der Waals surface area contributed by atoms with Crippen LogP contribution in [-0.2, 0) is 27.4 Å². The van der Waals surface area contributed by atoms with Gasteiger partial charge in [0, 0.05) is 41.0 Å². The first-order valence-electron chi connectivity index (χ1n) is 7.88. The second kappa shape index (κ2) is 12.9. The number of ether oxygens (including phenoxy) is 3. The summed E-state index contributed by atoms with van der Waals surface area (Å²) in [4.78, 5) is 4.21. The summed E-state index contributed by atoms with van der Waals surface area (Å²) in [7, 11) is 5.14. The van der Waals surface area contributed by atoms with Gasteiger partial charge in [0.1, 0.15) is 0 Å². The van der Waals surface area contributed by atoms with Crippen LogP contribution in [0.15, 0.2) is 29.3 Å². The van der Waals surface area contributed by atoms with Gasteiger partial charge in [-0.2, -0.15) is 0 Å². The molecule has 6 heteroatoms. The number of nitrogens with one attached hydrogen (secondary N) is 2. The van der Waals surface area contributed by atoms with E-state index in [2.05, 4.69) is 39.9 Å². The highest BCUT2D eigenvalue weighted by atomic mass is 16.5. The molecule has 2 N–H and O–H groups in total. The number of rotatable bonds is 11. The predicted molar refractivity (Wildman–Crippen MR) is 92.7 cm³/mol. The molecule has 23 heavy (non-hydrogen) atoms. The molecule has 0 amide bonds. The van der Waals surface area contributed by atoms with Crippen molar-refractivity contribution in [3.63, 3.8) is 0 Å². The molecular formula is C17H29N3O3. The molecule has 0 fully saturated rings. The van der Waals surface area contributed by atoms with E-state index in [9.17, 15) is 0 Å². The molecule has 0 radical (unpaired) electrons. The zero-order valence-electron chi connectivity index (χ0n) is 14.4. The van der Waals surface area contributed by atoms with Crippen molar-refractivity contribution in [1.29, 1.82) is 0 Å². The van der Waals surface area contributed by atoms with Crippen molar-refractivity contribution in [3.05, 3.63) is 35.4 Å². The quantitative estimate of drug-likeness (QED) is 0.367. The van der Waals surface area contributed by atoms with Crippen molar-refractivity contribution in [3.8, 4) is 0 Å². The molecule has 0 aliphatic carbocycles. The minimum Gasteiger partial charge on any atom is -0.382 e. The number of guanidine groups is 1. The Morgan fingerprint density at radius 3 is 2.35 bits per heavy atom. The Bertz CT molecular complexity index is 435. The summed E-state index contributed by atoms with van der Waals surface area (Å²) in [6.07, 6.45) is 0.927. The number of aliphatic imine (C=N–C) groups is 1. The molecule has 1 rings (SSSR count). The number of hydrogen-bond acceptors (Lipinski definition) is 4. The van der Waals surface area contributed by atoms with Crippen LogP contribution in [0, 0.1) is 0 Å². The van der Waals surface area contributed by atoms with Crippen molar-refractivity contribution < 1.29 is 14.2 Å². The fraction of sp³-hybridized carbons (Fsp3) is 0.588. The van der Waals surface area contributed by atoms with Gasteiger partial charge < -0.3 is 24.8 Å². The minimum absolute atomic E-state index is 0.639. The van der Waals surface area contributed by atoms with Crippen molar-refractivity contribution in [2.45, 2.75) is 19.6 Å². The molecule has 0 bridgehead atoms. The highest BCUT2D eigenvalue weighted by Crippen LogP contribution is 2.05. The second-order valence-electron chi connectivity index (χ2n) is 5.06. The normalized spacial score (nSPS) is 11.5. The molecule has 1 aromatic carbocycles. The van der Waals surface area contributed by atoms with Crippen LogP contribution in [0.3, 0.4) is 0 Å². The summed E-state index contributed by atoms with van der Waals surface area (Å²) in [5.74, 6) is 0.794. The molecule has 0 unspecified atom stereocenters. The van der Waals surface area contributed by atoms with E-state index < -0.39 is 0 Å². The summed E-state index contributed by atoms with van der Waals surface area (Å²) >= 11 is 0. The summed E-state index contributed by atoms with van der Waals surface area (Å²) in [6, 6.07) is 8.35. The molecule has 0 saturated carbocycles. The third-order valence-electron chi connectivity index (χ3n) is 3.21. The lowest BCUT2D eigenvalue weighted by Crippen LogP contribution is -2.37. The SMILES string of the molecule is CN=C(NCCCOCCOC)NCc1ccc(COC)cc1. The van der Waals surface area contributed by atoms with Gasteiger partial charge in [-0.15, -0.1) is 0 Å². The first kappa shape index (κ1) is 19.4. The first-order valence-corrected chi connectivity index (χ1v) is 7.88. The van der Waals surface area contributed by atoms with Crippen LogP contribution in [-0.4, -0.2) is 53.6 Å². The maximum absolute atomic E-state index is 5.41. The molecule has 0 aromatic heterocycles. The summed E-state index contributed by atoms with van der Waals surface area (Å²) in [5, 5.41) is 6.57. The molecule has 0 atom stereocenters. The van der Waals surface area contributed by atoms with Crippen LogP contribution in [0.5, 0.6) is 0 Å². The van der Waals surface area contributed by atoms with Crippen molar-refractivity contribution in [2.24, 2.45) is 4.99 Å².